The Kier molecular flexibility index (Phi) is 5.62. The number of nitrogens with zero attached hydrogens (tertiary/aromatic N) is 1. The summed E-state index contributed by atoms with van der Waals surface area (Å²) < 4.78 is 18.9. The zero-order valence-electron chi connectivity index (χ0n) is 13.9. The lowest BCUT2D eigenvalue weighted by Crippen LogP contribution is -2.37. The molecule has 1 aromatic heterocycles. The molecular formula is C18H18FN3O4. The Morgan fingerprint density at radius 1 is 1.19 bits per heavy atom. The summed E-state index contributed by atoms with van der Waals surface area (Å²) in [6.07, 6.45) is 1.01. The third-order valence-electron chi connectivity index (χ3n) is 3.84. The molecule has 2 amide bonds. The molecule has 0 unspecified atom stereocenters. The molecule has 1 atom stereocenters. The number of rotatable bonds is 7. The van der Waals surface area contributed by atoms with Gasteiger partial charge in [-0.15, -0.1) is 0 Å². The highest BCUT2D eigenvalue weighted by Crippen LogP contribution is 2.18. The molecule has 0 bridgehead atoms. The van der Waals surface area contributed by atoms with Crippen molar-refractivity contribution < 1.29 is 23.2 Å². The van der Waals surface area contributed by atoms with Crippen molar-refractivity contribution in [1.82, 2.24) is 10.6 Å². The average molecular weight is 359 g/mol. The van der Waals surface area contributed by atoms with Gasteiger partial charge in [-0.3, -0.25) is 9.59 Å². The fourth-order valence-electron chi connectivity index (χ4n) is 2.47. The Morgan fingerprint density at radius 2 is 2.04 bits per heavy atom. The Balaban J connectivity index is 1.38. The van der Waals surface area contributed by atoms with Crippen molar-refractivity contribution in [3.8, 4) is 0 Å². The monoisotopic (exact) mass is 359 g/mol. The summed E-state index contributed by atoms with van der Waals surface area (Å²) >= 11 is 0. The van der Waals surface area contributed by atoms with Crippen molar-refractivity contribution >= 4 is 17.5 Å². The van der Waals surface area contributed by atoms with Crippen molar-refractivity contribution in [3.05, 3.63) is 59.8 Å². The smallest absolute Gasteiger partial charge is 0.264 e. The fraction of sp³-hybridized carbons (Fsp3) is 0.278. The summed E-state index contributed by atoms with van der Waals surface area (Å²) in [5, 5.41) is 9.10. The molecule has 2 aromatic rings. The van der Waals surface area contributed by atoms with E-state index in [0.717, 1.165) is 0 Å². The maximum absolute atomic E-state index is 13.7. The number of hydrogen-bond donors (Lipinski definition) is 2. The molecule has 1 aliphatic heterocycles. The molecule has 8 heteroatoms. The molecule has 7 nitrogen and oxygen atoms in total. The van der Waals surface area contributed by atoms with Gasteiger partial charge in [-0.1, -0.05) is 23.4 Å². The second kappa shape index (κ2) is 8.28. The van der Waals surface area contributed by atoms with Crippen LogP contribution in [-0.2, 0) is 21.0 Å². The molecular weight excluding hydrogens is 341 g/mol. The minimum Gasteiger partial charge on any atom is -0.467 e. The number of carbonyl (C=O) groups is 2. The number of oxime groups is 1. The van der Waals surface area contributed by atoms with Gasteiger partial charge in [0.2, 0.25) is 12.0 Å². The third-order valence-corrected chi connectivity index (χ3v) is 3.84. The lowest BCUT2D eigenvalue weighted by molar-refractivity contribution is -0.131. The van der Waals surface area contributed by atoms with Crippen LogP contribution in [-0.4, -0.2) is 30.2 Å². The predicted molar refractivity (Wildman–Crippen MR) is 90.6 cm³/mol. The van der Waals surface area contributed by atoms with Crippen LogP contribution in [0, 0.1) is 5.82 Å². The van der Waals surface area contributed by atoms with Gasteiger partial charge in [-0.2, -0.15) is 0 Å². The number of carbonyl (C=O) groups excluding carboxylic acids is 2. The Bertz CT molecular complexity index is 805. The number of amides is 2. The largest absolute Gasteiger partial charge is 0.467 e. The highest BCUT2D eigenvalue weighted by atomic mass is 19.1. The van der Waals surface area contributed by atoms with Crippen LogP contribution in [0.15, 0.2) is 52.2 Å². The second-order valence-electron chi connectivity index (χ2n) is 5.71. The average Bonchev–Trinajstić information content (AvgIpc) is 3.32. The number of nitrogens with one attached hydrogen (secondary N) is 2. The molecule has 0 aliphatic carbocycles. The number of furan rings is 1. The minimum absolute atomic E-state index is 0.125. The van der Waals surface area contributed by atoms with Crippen LogP contribution in [0.2, 0.25) is 0 Å². The van der Waals surface area contributed by atoms with Gasteiger partial charge in [-0.05, 0) is 18.2 Å². The summed E-state index contributed by atoms with van der Waals surface area (Å²) in [5.74, 6) is -0.361. The topological polar surface area (TPSA) is 92.9 Å². The first-order valence-corrected chi connectivity index (χ1v) is 8.18. The summed E-state index contributed by atoms with van der Waals surface area (Å²) in [5.41, 5.74) is 0.708. The number of benzene rings is 1. The maximum Gasteiger partial charge on any atom is 0.264 e. The van der Waals surface area contributed by atoms with Gasteiger partial charge in [0, 0.05) is 24.9 Å². The van der Waals surface area contributed by atoms with E-state index in [9.17, 15) is 14.0 Å². The molecule has 0 radical (unpaired) electrons. The summed E-state index contributed by atoms with van der Waals surface area (Å²) in [4.78, 5) is 28.9. The minimum atomic E-state index is -0.823. The van der Waals surface area contributed by atoms with E-state index >= 15 is 0 Å². The van der Waals surface area contributed by atoms with E-state index in [1.807, 2.05) is 0 Å². The lowest BCUT2D eigenvalue weighted by atomic mass is 10.0. The van der Waals surface area contributed by atoms with Crippen LogP contribution >= 0.6 is 0 Å². The molecule has 1 aromatic carbocycles. The van der Waals surface area contributed by atoms with E-state index < -0.39 is 11.9 Å². The molecule has 26 heavy (non-hydrogen) atoms. The van der Waals surface area contributed by atoms with Gasteiger partial charge in [0.1, 0.15) is 11.6 Å². The van der Waals surface area contributed by atoms with Crippen molar-refractivity contribution in [2.24, 2.45) is 5.16 Å². The SMILES string of the molecule is O=C(CCNC(=O)[C@H]1CC(c2ccccc2F)=NO1)NCc1ccco1. The van der Waals surface area contributed by atoms with Gasteiger partial charge >= 0.3 is 0 Å². The first-order chi connectivity index (χ1) is 12.6. The van der Waals surface area contributed by atoms with Gasteiger partial charge in [0.05, 0.1) is 18.5 Å². The van der Waals surface area contributed by atoms with Gasteiger partial charge in [-0.25, -0.2) is 4.39 Å². The van der Waals surface area contributed by atoms with Crippen LogP contribution in [0.25, 0.3) is 0 Å². The molecule has 2 heterocycles. The number of halogens is 1. The molecule has 0 spiro atoms. The predicted octanol–water partition coefficient (Wildman–Crippen LogP) is 1.73. The highest BCUT2D eigenvalue weighted by molar-refractivity contribution is 6.04. The lowest BCUT2D eigenvalue weighted by Gasteiger charge is -2.09. The summed E-state index contributed by atoms with van der Waals surface area (Å²) in [6, 6.07) is 9.67. The molecule has 2 N–H and O–H groups in total. The van der Waals surface area contributed by atoms with E-state index in [1.165, 1.54) is 12.3 Å². The first kappa shape index (κ1) is 17.7. The van der Waals surface area contributed by atoms with Crippen LogP contribution in [0.5, 0.6) is 0 Å². The quantitative estimate of drug-likeness (QED) is 0.787. The van der Waals surface area contributed by atoms with Gasteiger partial charge in [0.15, 0.2) is 0 Å². The van der Waals surface area contributed by atoms with Crippen molar-refractivity contribution in [3.63, 3.8) is 0 Å². The fourth-order valence-corrected chi connectivity index (χ4v) is 2.47. The zero-order chi connectivity index (χ0) is 18.4. The third kappa shape index (κ3) is 4.47. The second-order valence-corrected chi connectivity index (χ2v) is 5.71. The maximum atomic E-state index is 13.7. The van der Waals surface area contributed by atoms with E-state index in [1.54, 1.807) is 30.3 Å². The Hall–Kier alpha value is -3.16. The van der Waals surface area contributed by atoms with E-state index in [-0.39, 0.29) is 31.2 Å². The standard InChI is InChI=1S/C18H18FN3O4/c19-14-6-2-1-5-13(14)15-10-16(26-22-15)18(24)20-8-7-17(23)21-11-12-4-3-9-25-12/h1-6,9,16H,7-8,10-11H2,(H,20,24)(H,21,23)/t16-/m1/s1. The van der Waals surface area contributed by atoms with Crippen LogP contribution < -0.4 is 10.6 Å². The molecule has 0 saturated carbocycles. The van der Waals surface area contributed by atoms with Crippen molar-refractivity contribution in [1.29, 1.82) is 0 Å². The van der Waals surface area contributed by atoms with Crippen LogP contribution in [0.3, 0.4) is 0 Å². The van der Waals surface area contributed by atoms with Gasteiger partial charge in [0.25, 0.3) is 5.91 Å². The van der Waals surface area contributed by atoms with E-state index in [0.29, 0.717) is 23.6 Å². The van der Waals surface area contributed by atoms with Crippen LogP contribution in [0.4, 0.5) is 4.39 Å². The first-order valence-electron chi connectivity index (χ1n) is 8.18. The Labute approximate surface area is 149 Å². The summed E-state index contributed by atoms with van der Waals surface area (Å²) in [7, 11) is 0. The van der Waals surface area contributed by atoms with Gasteiger partial charge < -0.3 is 19.9 Å². The summed E-state index contributed by atoms with van der Waals surface area (Å²) in [6.45, 7) is 0.461. The highest BCUT2D eigenvalue weighted by Gasteiger charge is 2.29. The molecule has 136 valence electrons. The zero-order valence-corrected chi connectivity index (χ0v) is 13.9. The normalized spacial score (nSPS) is 15.9. The van der Waals surface area contributed by atoms with Crippen molar-refractivity contribution in [2.45, 2.75) is 25.5 Å². The Morgan fingerprint density at radius 3 is 2.81 bits per heavy atom. The number of hydrogen-bond acceptors (Lipinski definition) is 5. The molecule has 0 saturated heterocycles. The molecule has 1 aliphatic rings. The van der Waals surface area contributed by atoms with Crippen LogP contribution in [0.1, 0.15) is 24.2 Å². The van der Waals surface area contributed by atoms with E-state index in [4.69, 9.17) is 9.25 Å². The van der Waals surface area contributed by atoms with Crippen molar-refractivity contribution in [2.75, 3.05) is 6.54 Å². The molecule has 3 rings (SSSR count). The molecule has 0 fully saturated rings. The van der Waals surface area contributed by atoms with E-state index in [2.05, 4.69) is 15.8 Å².